The summed E-state index contributed by atoms with van der Waals surface area (Å²) in [7, 11) is 0. The highest BCUT2D eigenvalue weighted by Gasteiger charge is 2.11. The normalized spacial score (nSPS) is 10.5. The SMILES string of the molecule is CCOc1ccc2nc(SCC(=O)Nc3ccc(CC)cc3)c(C#N)cc2c1. The van der Waals surface area contributed by atoms with E-state index in [1.807, 2.05) is 49.4 Å². The van der Waals surface area contributed by atoms with E-state index in [2.05, 4.69) is 23.3 Å². The fraction of sp³-hybridized carbons (Fsp3) is 0.227. The van der Waals surface area contributed by atoms with E-state index in [4.69, 9.17) is 4.74 Å². The lowest BCUT2D eigenvalue weighted by Crippen LogP contribution is -2.14. The molecule has 0 saturated heterocycles. The van der Waals surface area contributed by atoms with Crippen LogP contribution in [-0.2, 0) is 11.2 Å². The zero-order valence-corrected chi connectivity index (χ0v) is 16.7. The van der Waals surface area contributed by atoms with E-state index >= 15 is 0 Å². The molecule has 0 aliphatic carbocycles. The molecule has 0 radical (unpaired) electrons. The second-order valence-corrected chi connectivity index (χ2v) is 7.09. The van der Waals surface area contributed by atoms with Crippen LogP contribution in [0.1, 0.15) is 25.0 Å². The molecule has 5 nitrogen and oxygen atoms in total. The minimum absolute atomic E-state index is 0.133. The maximum atomic E-state index is 12.3. The number of nitriles is 1. The number of nitrogens with zero attached hydrogens (tertiary/aromatic N) is 2. The molecule has 0 aliphatic heterocycles. The number of fused-ring (bicyclic) bond motifs is 1. The molecule has 0 saturated carbocycles. The van der Waals surface area contributed by atoms with Crippen LogP contribution < -0.4 is 10.1 Å². The van der Waals surface area contributed by atoms with Crippen LogP contribution in [0.25, 0.3) is 10.9 Å². The van der Waals surface area contributed by atoms with Gasteiger partial charge in [-0.2, -0.15) is 5.26 Å². The van der Waals surface area contributed by atoms with Crippen molar-refractivity contribution < 1.29 is 9.53 Å². The molecule has 142 valence electrons. The Morgan fingerprint density at radius 1 is 1.18 bits per heavy atom. The molecule has 0 spiro atoms. The summed E-state index contributed by atoms with van der Waals surface area (Å²) in [4.78, 5) is 16.8. The first-order chi connectivity index (χ1) is 13.6. The number of amides is 1. The van der Waals surface area contributed by atoms with E-state index in [0.717, 1.165) is 28.8 Å². The molecule has 2 aromatic carbocycles. The third kappa shape index (κ3) is 4.81. The number of aromatic nitrogens is 1. The summed E-state index contributed by atoms with van der Waals surface area (Å²) in [5.74, 6) is 0.793. The van der Waals surface area contributed by atoms with Gasteiger partial charge in [0.15, 0.2) is 0 Å². The highest BCUT2D eigenvalue weighted by Crippen LogP contribution is 2.27. The molecule has 1 N–H and O–H groups in total. The molecule has 1 aromatic heterocycles. The third-order valence-electron chi connectivity index (χ3n) is 4.17. The highest BCUT2D eigenvalue weighted by molar-refractivity contribution is 8.00. The lowest BCUT2D eigenvalue weighted by molar-refractivity contribution is -0.113. The number of carbonyl (C=O) groups excluding carboxylic acids is 1. The number of hydrogen-bond acceptors (Lipinski definition) is 5. The van der Waals surface area contributed by atoms with Crippen LogP contribution in [0.15, 0.2) is 53.6 Å². The summed E-state index contributed by atoms with van der Waals surface area (Å²) >= 11 is 1.26. The molecule has 0 aliphatic rings. The fourth-order valence-electron chi connectivity index (χ4n) is 2.74. The molecule has 1 heterocycles. The molecule has 0 fully saturated rings. The predicted octanol–water partition coefficient (Wildman–Crippen LogP) is 4.80. The molecule has 6 heteroatoms. The second kappa shape index (κ2) is 9.25. The first-order valence-electron chi connectivity index (χ1n) is 9.12. The van der Waals surface area contributed by atoms with Gasteiger partial charge in [-0.15, -0.1) is 0 Å². The molecular weight excluding hydrogens is 370 g/mol. The lowest BCUT2D eigenvalue weighted by Gasteiger charge is -2.09. The summed E-state index contributed by atoms with van der Waals surface area (Å²) in [5, 5.41) is 13.7. The van der Waals surface area contributed by atoms with Crippen LogP contribution >= 0.6 is 11.8 Å². The van der Waals surface area contributed by atoms with Crippen molar-refractivity contribution in [2.45, 2.75) is 25.3 Å². The number of aryl methyl sites for hydroxylation is 1. The van der Waals surface area contributed by atoms with Gasteiger partial charge in [0.05, 0.1) is 23.4 Å². The maximum absolute atomic E-state index is 12.3. The highest BCUT2D eigenvalue weighted by atomic mass is 32.2. The van der Waals surface area contributed by atoms with Gasteiger partial charge in [-0.25, -0.2) is 4.98 Å². The van der Waals surface area contributed by atoms with E-state index in [1.165, 1.54) is 17.3 Å². The predicted molar refractivity (Wildman–Crippen MR) is 113 cm³/mol. The van der Waals surface area contributed by atoms with Gasteiger partial charge in [-0.3, -0.25) is 4.79 Å². The Morgan fingerprint density at radius 3 is 2.64 bits per heavy atom. The van der Waals surface area contributed by atoms with E-state index < -0.39 is 0 Å². The summed E-state index contributed by atoms with van der Waals surface area (Å²) in [6, 6.07) is 17.3. The number of ether oxygens (including phenoxy) is 1. The van der Waals surface area contributed by atoms with Gasteiger partial charge in [-0.1, -0.05) is 30.8 Å². The van der Waals surface area contributed by atoms with Crippen molar-refractivity contribution in [1.29, 1.82) is 5.26 Å². The Balaban J connectivity index is 1.71. The zero-order valence-electron chi connectivity index (χ0n) is 15.9. The van der Waals surface area contributed by atoms with Crippen LogP contribution in [0.2, 0.25) is 0 Å². The molecule has 3 rings (SSSR count). The average molecular weight is 391 g/mol. The van der Waals surface area contributed by atoms with Gasteiger partial charge >= 0.3 is 0 Å². The van der Waals surface area contributed by atoms with Crippen LogP contribution in [0.3, 0.4) is 0 Å². The van der Waals surface area contributed by atoms with Crippen molar-refractivity contribution in [3.05, 3.63) is 59.7 Å². The minimum Gasteiger partial charge on any atom is -0.494 e. The fourth-order valence-corrected chi connectivity index (χ4v) is 3.50. The van der Waals surface area contributed by atoms with E-state index in [9.17, 15) is 10.1 Å². The van der Waals surface area contributed by atoms with Gasteiger partial charge < -0.3 is 10.1 Å². The van der Waals surface area contributed by atoms with Gasteiger partial charge in [0.2, 0.25) is 5.91 Å². The molecule has 28 heavy (non-hydrogen) atoms. The molecule has 3 aromatic rings. The summed E-state index contributed by atoms with van der Waals surface area (Å²) < 4.78 is 5.50. The first kappa shape index (κ1) is 19.7. The summed E-state index contributed by atoms with van der Waals surface area (Å²) in [5.41, 5.74) is 3.20. The molecule has 0 unspecified atom stereocenters. The van der Waals surface area contributed by atoms with Crippen LogP contribution in [0.5, 0.6) is 5.75 Å². The third-order valence-corrected chi connectivity index (χ3v) is 5.16. The second-order valence-electron chi connectivity index (χ2n) is 6.13. The number of pyridine rings is 1. The number of carbonyl (C=O) groups is 1. The smallest absolute Gasteiger partial charge is 0.234 e. The van der Waals surface area contributed by atoms with Gasteiger partial charge in [0.1, 0.15) is 16.8 Å². The van der Waals surface area contributed by atoms with Crippen molar-refractivity contribution >= 4 is 34.3 Å². The number of hydrogen-bond donors (Lipinski definition) is 1. The zero-order chi connectivity index (χ0) is 19.9. The summed E-state index contributed by atoms with van der Waals surface area (Å²) in [6.45, 7) is 4.59. The Morgan fingerprint density at radius 2 is 1.96 bits per heavy atom. The van der Waals surface area contributed by atoms with Gasteiger partial charge in [0.25, 0.3) is 0 Å². The Hall–Kier alpha value is -3.04. The van der Waals surface area contributed by atoms with Crippen molar-refractivity contribution in [2.75, 3.05) is 17.7 Å². The minimum atomic E-state index is -0.133. The van der Waals surface area contributed by atoms with Crippen molar-refractivity contribution in [1.82, 2.24) is 4.98 Å². The van der Waals surface area contributed by atoms with Crippen molar-refractivity contribution in [3.63, 3.8) is 0 Å². The monoisotopic (exact) mass is 391 g/mol. The van der Waals surface area contributed by atoms with Gasteiger partial charge in [0, 0.05) is 11.1 Å². The Bertz CT molecular complexity index is 1030. The number of benzene rings is 2. The Kier molecular flexibility index (Phi) is 6.51. The van der Waals surface area contributed by atoms with Crippen LogP contribution in [-0.4, -0.2) is 23.3 Å². The molecule has 1 amide bonds. The largest absolute Gasteiger partial charge is 0.494 e. The maximum Gasteiger partial charge on any atom is 0.234 e. The van der Waals surface area contributed by atoms with E-state index in [1.54, 1.807) is 6.07 Å². The topological polar surface area (TPSA) is 75.0 Å². The van der Waals surface area contributed by atoms with Crippen LogP contribution in [0.4, 0.5) is 5.69 Å². The number of nitrogens with one attached hydrogen (secondary N) is 1. The molecular formula is C22H21N3O2S. The van der Waals surface area contributed by atoms with E-state index in [-0.39, 0.29) is 11.7 Å². The van der Waals surface area contributed by atoms with Crippen molar-refractivity contribution in [2.24, 2.45) is 0 Å². The van der Waals surface area contributed by atoms with Gasteiger partial charge in [-0.05, 0) is 55.3 Å². The standard InChI is InChI=1S/C22H21N3O2S/c1-3-15-5-7-18(8-6-15)24-21(26)14-28-22-17(13-23)11-16-12-19(27-4-2)9-10-20(16)25-22/h5-12H,3-4,14H2,1-2H3,(H,24,26). The lowest BCUT2D eigenvalue weighted by atomic mass is 10.1. The Labute approximate surface area is 168 Å². The number of rotatable bonds is 7. The first-order valence-corrected chi connectivity index (χ1v) is 10.1. The van der Waals surface area contributed by atoms with Crippen molar-refractivity contribution in [3.8, 4) is 11.8 Å². The number of anilines is 1. The van der Waals surface area contributed by atoms with E-state index in [0.29, 0.717) is 17.2 Å². The summed E-state index contributed by atoms with van der Waals surface area (Å²) in [6.07, 6.45) is 0.959. The van der Waals surface area contributed by atoms with Crippen LogP contribution in [0, 0.1) is 11.3 Å². The quantitative estimate of drug-likeness (QED) is 0.586. The molecule has 0 bridgehead atoms. The average Bonchev–Trinajstić information content (AvgIpc) is 2.72. The number of thioether (sulfide) groups is 1. The molecule has 0 atom stereocenters.